The van der Waals surface area contributed by atoms with Gasteiger partial charge in [0.1, 0.15) is 0 Å². The first-order valence-corrected chi connectivity index (χ1v) is 7.71. The molecule has 1 saturated heterocycles. The average Bonchev–Trinajstić information content (AvgIpc) is 2.47. The molecule has 116 valence electrons. The quantitative estimate of drug-likeness (QED) is 0.836. The number of carbonyl (C=O) groups excluding carboxylic acids is 1. The van der Waals surface area contributed by atoms with Gasteiger partial charge in [-0.05, 0) is 63.0 Å². The molecule has 1 aromatic rings. The van der Waals surface area contributed by atoms with E-state index in [0.717, 1.165) is 38.0 Å². The van der Waals surface area contributed by atoms with E-state index >= 15 is 0 Å². The average molecular weight is 289 g/mol. The van der Waals surface area contributed by atoms with Crippen molar-refractivity contribution < 1.29 is 4.79 Å². The maximum absolute atomic E-state index is 12.3. The van der Waals surface area contributed by atoms with Crippen LogP contribution in [0.15, 0.2) is 24.3 Å². The summed E-state index contributed by atoms with van der Waals surface area (Å²) in [5.74, 6) is -0.0795. The minimum atomic E-state index is -0.164. The van der Waals surface area contributed by atoms with Crippen molar-refractivity contribution in [2.45, 2.75) is 32.6 Å². The van der Waals surface area contributed by atoms with Crippen LogP contribution in [0.2, 0.25) is 0 Å². The van der Waals surface area contributed by atoms with E-state index < -0.39 is 0 Å². The number of hydrogen-bond donors (Lipinski definition) is 2. The molecular formula is C17H27N3O. The van der Waals surface area contributed by atoms with Crippen LogP contribution >= 0.6 is 0 Å². The molecule has 1 aliphatic rings. The van der Waals surface area contributed by atoms with Crippen molar-refractivity contribution in [1.82, 2.24) is 10.2 Å². The Balaban J connectivity index is 1.89. The minimum Gasteiger partial charge on any atom is -0.399 e. The van der Waals surface area contributed by atoms with Gasteiger partial charge in [-0.2, -0.15) is 0 Å². The Morgan fingerprint density at radius 3 is 2.71 bits per heavy atom. The van der Waals surface area contributed by atoms with Gasteiger partial charge in [-0.1, -0.05) is 19.1 Å². The molecule has 0 saturated carbocycles. The molecule has 1 atom stereocenters. The van der Waals surface area contributed by atoms with E-state index in [9.17, 15) is 4.79 Å². The number of nitrogens with two attached hydrogens (primary N) is 1. The zero-order valence-electron chi connectivity index (χ0n) is 13.4. The number of nitrogens with one attached hydrogen (secondary N) is 1. The van der Waals surface area contributed by atoms with Crippen LogP contribution in [0.3, 0.4) is 0 Å². The lowest BCUT2D eigenvalue weighted by molar-refractivity contribution is -0.122. The van der Waals surface area contributed by atoms with Gasteiger partial charge in [0.05, 0.1) is 5.92 Å². The van der Waals surface area contributed by atoms with Crippen LogP contribution in [0.25, 0.3) is 0 Å². The molecule has 1 heterocycles. The van der Waals surface area contributed by atoms with Gasteiger partial charge in [0, 0.05) is 12.2 Å². The third-order valence-corrected chi connectivity index (χ3v) is 4.69. The van der Waals surface area contributed by atoms with Gasteiger partial charge in [-0.3, -0.25) is 4.79 Å². The van der Waals surface area contributed by atoms with Crippen molar-refractivity contribution in [3.63, 3.8) is 0 Å². The minimum absolute atomic E-state index is 0.0840. The topological polar surface area (TPSA) is 58.4 Å². The number of amides is 1. The Morgan fingerprint density at radius 2 is 2.10 bits per heavy atom. The highest BCUT2D eigenvalue weighted by Crippen LogP contribution is 2.29. The Bertz CT molecular complexity index is 493. The Labute approximate surface area is 127 Å². The maximum atomic E-state index is 12.3. The van der Waals surface area contributed by atoms with E-state index in [2.05, 4.69) is 24.2 Å². The number of likely N-dealkylation sites (tertiary alicyclic amines) is 1. The predicted octanol–water partition coefficient (Wildman–Crippen LogP) is 2.22. The lowest BCUT2D eigenvalue weighted by Gasteiger charge is -2.38. The highest BCUT2D eigenvalue weighted by atomic mass is 16.1. The SMILES string of the molecule is CC(C(=O)NCC1(C)CCN(C)CC1)c1cccc(N)c1. The van der Waals surface area contributed by atoms with E-state index in [1.807, 2.05) is 31.2 Å². The molecule has 1 amide bonds. The summed E-state index contributed by atoms with van der Waals surface area (Å²) in [5.41, 5.74) is 7.68. The van der Waals surface area contributed by atoms with Crippen LogP contribution in [0, 0.1) is 5.41 Å². The molecular weight excluding hydrogens is 262 g/mol. The van der Waals surface area contributed by atoms with Crippen molar-refractivity contribution >= 4 is 11.6 Å². The van der Waals surface area contributed by atoms with Crippen molar-refractivity contribution in [2.75, 3.05) is 32.4 Å². The lowest BCUT2D eigenvalue weighted by Crippen LogP contribution is -2.44. The normalized spacial score (nSPS) is 20.0. The van der Waals surface area contributed by atoms with Gasteiger partial charge in [0.2, 0.25) is 5.91 Å². The van der Waals surface area contributed by atoms with Crippen LogP contribution in [0.1, 0.15) is 38.2 Å². The number of piperidine rings is 1. The monoisotopic (exact) mass is 289 g/mol. The van der Waals surface area contributed by atoms with E-state index in [1.54, 1.807) is 0 Å². The molecule has 0 aliphatic carbocycles. The van der Waals surface area contributed by atoms with Gasteiger partial charge in [0.25, 0.3) is 0 Å². The maximum Gasteiger partial charge on any atom is 0.227 e. The Kier molecular flexibility index (Phi) is 4.88. The van der Waals surface area contributed by atoms with Crippen LogP contribution in [0.5, 0.6) is 0 Å². The smallest absolute Gasteiger partial charge is 0.227 e. The summed E-state index contributed by atoms with van der Waals surface area (Å²) < 4.78 is 0. The number of benzene rings is 1. The van der Waals surface area contributed by atoms with Gasteiger partial charge in [0.15, 0.2) is 0 Å². The largest absolute Gasteiger partial charge is 0.399 e. The zero-order chi connectivity index (χ0) is 15.5. The summed E-state index contributed by atoms with van der Waals surface area (Å²) in [4.78, 5) is 14.7. The number of carbonyl (C=O) groups is 1. The van der Waals surface area contributed by atoms with Crippen molar-refractivity contribution in [3.05, 3.63) is 29.8 Å². The third kappa shape index (κ3) is 4.21. The molecule has 4 nitrogen and oxygen atoms in total. The second kappa shape index (κ2) is 6.48. The van der Waals surface area contributed by atoms with Gasteiger partial charge < -0.3 is 16.0 Å². The molecule has 3 N–H and O–H groups in total. The summed E-state index contributed by atoms with van der Waals surface area (Å²) in [7, 11) is 2.15. The molecule has 2 rings (SSSR count). The zero-order valence-corrected chi connectivity index (χ0v) is 13.4. The summed E-state index contributed by atoms with van der Waals surface area (Å²) in [6, 6.07) is 7.57. The molecule has 0 aromatic heterocycles. The molecule has 21 heavy (non-hydrogen) atoms. The number of hydrogen-bond acceptors (Lipinski definition) is 3. The van der Waals surface area contributed by atoms with E-state index in [4.69, 9.17) is 5.73 Å². The standard InChI is InChI=1S/C17H27N3O/c1-13(14-5-4-6-15(18)11-14)16(21)19-12-17(2)7-9-20(3)10-8-17/h4-6,11,13H,7-10,12,18H2,1-3H3,(H,19,21). The fraction of sp³-hybridized carbons (Fsp3) is 0.588. The second-order valence-electron chi connectivity index (χ2n) is 6.72. The van der Waals surface area contributed by atoms with E-state index in [-0.39, 0.29) is 17.2 Å². The summed E-state index contributed by atoms with van der Waals surface area (Å²) >= 11 is 0. The lowest BCUT2D eigenvalue weighted by atomic mass is 9.80. The van der Waals surface area contributed by atoms with E-state index in [1.165, 1.54) is 0 Å². The summed E-state index contributed by atoms with van der Waals surface area (Å²) in [6.45, 7) is 7.17. The van der Waals surface area contributed by atoms with Crippen molar-refractivity contribution in [2.24, 2.45) is 5.41 Å². The number of nitrogen functional groups attached to an aromatic ring is 1. The fourth-order valence-corrected chi connectivity index (χ4v) is 2.77. The Hall–Kier alpha value is -1.55. The molecule has 0 bridgehead atoms. The van der Waals surface area contributed by atoms with Gasteiger partial charge in [-0.15, -0.1) is 0 Å². The number of nitrogens with zero attached hydrogens (tertiary/aromatic N) is 1. The second-order valence-corrected chi connectivity index (χ2v) is 6.72. The third-order valence-electron chi connectivity index (χ3n) is 4.69. The highest BCUT2D eigenvalue weighted by molar-refractivity contribution is 5.83. The first-order chi connectivity index (χ1) is 9.89. The van der Waals surface area contributed by atoms with Crippen LogP contribution in [-0.2, 0) is 4.79 Å². The molecule has 1 aliphatic heterocycles. The molecule has 0 spiro atoms. The van der Waals surface area contributed by atoms with Gasteiger partial charge in [-0.25, -0.2) is 0 Å². The van der Waals surface area contributed by atoms with Crippen LogP contribution in [0.4, 0.5) is 5.69 Å². The van der Waals surface area contributed by atoms with Crippen LogP contribution in [-0.4, -0.2) is 37.5 Å². The molecule has 4 heteroatoms. The summed E-state index contributed by atoms with van der Waals surface area (Å²) in [6.07, 6.45) is 2.27. The first kappa shape index (κ1) is 15.8. The van der Waals surface area contributed by atoms with Gasteiger partial charge >= 0.3 is 0 Å². The highest BCUT2D eigenvalue weighted by Gasteiger charge is 2.29. The van der Waals surface area contributed by atoms with E-state index in [0.29, 0.717) is 5.69 Å². The predicted molar refractivity (Wildman–Crippen MR) is 87.1 cm³/mol. The molecule has 0 radical (unpaired) electrons. The molecule has 1 unspecified atom stereocenters. The first-order valence-electron chi connectivity index (χ1n) is 7.71. The van der Waals surface area contributed by atoms with Crippen LogP contribution < -0.4 is 11.1 Å². The fourth-order valence-electron chi connectivity index (χ4n) is 2.77. The number of anilines is 1. The molecule has 1 fully saturated rings. The Morgan fingerprint density at radius 1 is 1.43 bits per heavy atom. The number of rotatable bonds is 4. The van der Waals surface area contributed by atoms with Crippen molar-refractivity contribution in [1.29, 1.82) is 0 Å². The van der Waals surface area contributed by atoms with Crippen molar-refractivity contribution in [3.8, 4) is 0 Å². The molecule has 1 aromatic carbocycles. The summed E-state index contributed by atoms with van der Waals surface area (Å²) in [5, 5.41) is 3.13.